The second kappa shape index (κ2) is 6.01. The molecule has 1 fully saturated rings. The fraction of sp³-hybridized carbons (Fsp3) is 0.667. The highest BCUT2D eigenvalue weighted by molar-refractivity contribution is 7.10. The van der Waals surface area contributed by atoms with Gasteiger partial charge in [0.15, 0.2) is 0 Å². The first kappa shape index (κ1) is 12.4. The van der Waals surface area contributed by atoms with Crippen LogP contribution in [0, 0.1) is 5.92 Å². The van der Waals surface area contributed by atoms with Crippen molar-refractivity contribution in [2.45, 2.75) is 19.4 Å². The molecule has 2 rings (SSSR count). The van der Waals surface area contributed by atoms with Gasteiger partial charge in [0.05, 0.1) is 5.02 Å². The summed E-state index contributed by atoms with van der Waals surface area (Å²) in [4.78, 5) is 3.74. The second-order valence-corrected chi connectivity index (χ2v) is 6.04. The van der Waals surface area contributed by atoms with Crippen molar-refractivity contribution in [2.75, 3.05) is 26.7 Å². The van der Waals surface area contributed by atoms with Crippen molar-refractivity contribution in [1.82, 2.24) is 10.2 Å². The number of nitrogens with one attached hydrogen (secondary N) is 1. The summed E-state index contributed by atoms with van der Waals surface area (Å²) < 4.78 is 0. The molecule has 4 heteroatoms. The van der Waals surface area contributed by atoms with Gasteiger partial charge in [-0.25, -0.2) is 0 Å². The van der Waals surface area contributed by atoms with Crippen molar-refractivity contribution in [2.24, 2.45) is 5.92 Å². The lowest BCUT2D eigenvalue weighted by atomic mass is 9.97. The van der Waals surface area contributed by atoms with Crippen molar-refractivity contribution in [3.63, 3.8) is 0 Å². The zero-order valence-corrected chi connectivity index (χ0v) is 11.3. The van der Waals surface area contributed by atoms with Crippen LogP contribution in [0.1, 0.15) is 17.7 Å². The van der Waals surface area contributed by atoms with Gasteiger partial charge in [-0.05, 0) is 51.5 Å². The van der Waals surface area contributed by atoms with Gasteiger partial charge in [-0.15, -0.1) is 11.3 Å². The highest BCUT2D eigenvalue weighted by Crippen LogP contribution is 2.19. The molecule has 90 valence electrons. The zero-order chi connectivity index (χ0) is 11.4. The van der Waals surface area contributed by atoms with Crippen molar-refractivity contribution < 1.29 is 0 Å². The largest absolute Gasteiger partial charge is 0.312 e. The Kier molecular flexibility index (Phi) is 4.65. The molecular weight excluding hydrogens is 240 g/mol. The Morgan fingerprint density at radius 1 is 1.50 bits per heavy atom. The average molecular weight is 259 g/mol. The minimum atomic E-state index is 0.853. The van der Waals surface area contributed by atoms with Crippen molar-refractivity contribution in [3.8, 4) is 0 Å². The van der Waals surface area contributed by atoms with E-state index in [0.29, 0.717) is 0 Å². The zero-order valence-electron chi connectivity index (χ0n) is 9.71. The second-order valence-electron chi connectivity index (χ2n) is 4.61. The van der Waals surface area contributed by atoms with Gasteiger partial charge >= 0.3 is 0 Å². The molecule has 0 aliphatic carbocycles. The van der Waals surface area contributed by atoms with Gasteiger partial charge in [0, 0.05) is 16.8 Å². The minimum absolute atomic E-state index is 0.853. The molecular formula is C12H19ClN2S. The third-order valence-electron chi connectivity index (χ3n) is 3.19. The van der Waals surface area contributed by atoms with Crippen LogP contribution in [0.4, 0.5) is 0 Å². The minimum Gasteiger partial charge on any atom is -0.312 e. The predicted molar refractivity (Wildman–Crippen MR) is 71.3 cm³/mol. The lowest BCUT2D eigenvalue weighted by molar-refractivity contribution is 0.216. The van der Waals surface area contributed by atoms with Gasteiger partial charge in [-0.2, -0.15) is 0 Å². The van der Waals surface area contributed by atoms with E-state index in [0.717, 1.165) is 24.0 Å². The van der Waals surface area contributed by atoms with Gasteiger partial charge in [0.2, 0.25) is 0 Å². The standard InChI is InChI=1S/C12H19ClN2S/c1-15-4-2-10(3-5-15)7-14-8-12-6-11(13)9-16-12/h6,9-10,14H,2-5,7-8H2,1H3. The number of likely N-dealkylation sites (tertiary alicyclic amines) is 1. The summed E-state index contributed by atoms with van der Waals surface area (Å²) in [5.41, 5.74) is 0. The van der Waals surface area contributed by atoms with Crippen LogP contribution in [0.15, 0.2) is 11.4 Å². The van der Waals surface area contributed by atoms with Gasteiger partial charge < -0.3 is 10.2 Å². The van der Waals surface area contributed by atoms with E-state index in [1.165, 1.54) is 30.8 Å². The lowest BCUT2D eigenvalue weighted by Gasteiger charge is -2.28. The van der Waals surface area contributed by atoms with Crippen molar-refractivity contribution >= 4 is 22.9 Å². The van der Waals surface area contributed by atoms with Crippen LogP contribution in [0.2, 0.25) is 5.02 Å². The predicted octanol–water partition coefficient (Wildman–Crippen LogP) is 2.83. The molecule has 0 atom stereocenters. The highest BCUT2D eigenvalue weighted by atomic mass is 35.5. The Bertz CT molecular complexity index is 319. The summed E-state index contributed by atoms with van der Waals surface area (Å²) in [6.45, 7) is 4.60. The quantitative estimate of drug-likeness (QED) is 0.894. The normalized spacial score (nSPS) is 19.1. The van der Waals surface area contributed by atoms with Crippen LogP contribution in [0.3, 0.4) is 0 Å². The number of rotatable bonds is 4. The van der Waals surface area contributed by atoms with E-state index in [1.807, 2.05) is 11.4 Å². The average Bonchev–Trinajstić information content (AvgIpc) is 2.67. The molecule has 0 amide bonds. The molecule has 0 saturated carbocycles. The number of piperidine rings is 1. The highest BCUT2D eigenvalue weighted by Gasteiger charge is 2.15. The topological polar surface area (TPSA) is 15.3 Å². The van der Waals surface area contributed by atoms with Crippen LogP contribution in [-0.4, -0.2) is 31.6 Å². The number of halogens is 1. The molecule has 2 nitrogen and oxygen atoms in total. The van der Waals surface area contributed by atoms with Gasteiger partial charge in [0.1, 0.15) is 0 Å². The van der Waals surface area contributed by atoms with Crippen LogP contribution < -0.4 is 5.32 Å². The Morgan fingerprint density at radius 2 is 2.25 bits per heavy atom. The van der Waals surface area contributed by atoms with Gasteiger partial charge in [0.25, 0.3) is 0 Å². The van der Waals surface area contributed by atoms with Crippen LogP contribution in [-0.2, 0) is 6.54 Å². The lowest BCUT2D eigenvalue weighted by Crippen LogP contribution is -2.34. The number of nitrogens with zero attached hydrogens (tertiary/aromatic N) is 1. The Labute approximate surface area is 107 Å². The summed E-state index contributed by atoms with van der Waals surface area (Å²) in [5, 5.41) is 6.39. The molecule has 1 aliphatic rings. The molecule has 1 aliphatic heterocycles. The fourth-order valence-corrected chi connectivity index (χ4v) is 3.15. The van der Waals surface area contributed by atoms with Crippen LogP contribution in [0.5, 0.6) is 0 Å². The fourth-order valence-electron chi connectivity index (χ4n) is 2.11. The number of hydrogen-bond donors (Lipinski definition) is 1. The number of thiophene rings is 1. The third-order valence-corrected chi connectivity index (χ3v) is 4.48. The van der Waals surface area contributed by atoms with E-state index in [1.54, 1.807) is 11.3 Å². The Balaban J connectivity index is 1.64. The van der Waals surface area contributed by atoms with E-state index >= 15 is 0 Å². The maximum atomic E-state index is 5.88. The van der Waals surface area contributed by atoms with Crippen molar-refractivity contribution in [3.05, 3.63) is 21.3 Å². The molecule has 1 aromatic rings. The van der Waals surface area contributed by atoms with Gasteiger partial charge in [-0.3, -0.25) is 0 Å². The monoisotopic (exact) mass is 258 g/mol. The summed E-state index contributed by atoms with van der Waals surface area (Å²) in [6.07, 6.45) is 2.66. The Hall–Kier alpha value is -0.0900. The number of hydrogen-bond acceptors (Lipinski definition) is 3. The smallest absolute Gasteiger partial charge is 0.0516 e. The summed E-state index contributed by atoms with van der Waals surface area (Å²) in [6, 6.07) is 2.05. The first-order valence-corrected chi connectivity index (χ1v) is 7.12. The van der Waals surface area contributed by atoms with Gasteiger partial charge in [-0.1, -0.05) is 11.6 Å². The maximum Gasteiger partial charge on any atom is 0.0516 e. The van der Waals surface area contributed by atoms with E-state index < -0.39 is 0 Å². The molecule has 1 saturated heterocycles. The molecule has 0 spiro atoms. The summed E-state index contributed by atoms with van der Waals surface area (Å²) >= 11 is 7.62. The third kappa shape index (κ3) is 3.74. The van der Waals surface area contributed by atoms with E-state index in [-0.39, 0.29) is 0 Å². The molecule has 0 bridgehead atoms. The first-order chi connectivity index (χ1) is 7.74. The molecule has 0 radical (unpaired) electrons. The maximum absolute atomic E-state index is 5.88. The summed E-state index contributed by atoms with van der Waals surface area (Å²) in [5.74, 6) is 0.853. The SMILES string of the molecule is CN1CCC(CNCc2cc(Cl)cs2)CC1. The van der Waals surface area contributed by atoms with Crippen LogP contribution >= 0.6 is 22.9 Å². The molecule has 16 heavy (non-hydrogen) atoms. The first-order valence-electron chi connectivity index (χ1n) is 5.86. The molecule has 0 aromatic carbocycles. The molecule has 0 unspecified atom stereocenters. The van der Waals surface area contributed by atoms with Crippen molar-refractivity contribution in [1.29, 1.82) is 0 Å². The summed E-state index contributed by atoms with van der Waals surface area (Å²) in [7, 11) is 2.21. The molecule has 1 N–H and O–H groups in total. The van der Waals surface area contributed by atoms with E-state index in [4.69, 9.17) is 11.6 Å². The molecule has 2 heterocycles. The molecule has 1 aromatic heterocycles. The van der Waals surface area contributed by atoms with E-state index in [2.05, 4.69) is 17.3 Å². The van der Waals surface area contributed by atoms with Crippen LogP contribution in [0.25, 0.3) is 0 Å². The Morgan fingerprint density at radius 3 is 2.88 bits per heavy atom. The van der Waals surface area contributed by atoms with E-state index in [9.17, 15) is 0 Å².